The number of hydrogen-bond acceptors (Lipinski definition) is 5. The Bertz CT molecular complexity index is 615. The monoisotopic (exact) mass is 356 g/mol. The summed E-state index contributed by atoms with van der Waals surface area (Å²) in [5.74, 6) is -0.0807. The van der Waals surface area contributed by atoms with Gasteiger partial charge >= 0.3 is 5.97 Å². The van der Waals surface area contributed by atoms with Crippen LogP contribution in [0.3, 0.4) is 0 Å². The van der Waals surface area contributed by atoms with Crippen LogP contribution in [0.2, 0.25) is 0 Å². The first-order valence-electron chi connectivity index (χ1n) is 5.85. The van der Waals surface area contributed by atoms with Crippen molar-refractivity contribution in [2.24, 2.45) is 0 Å². The zero-order valence-corrected chi connectivity index (χ0v) is 13.1. The lowest BCUT2D eigenvalue weighted by atomic mass is 10.2. The van der Waals surface area contributed by atoms with Gasteiger partial charge < -0.3 is 15.2 Å². The number of anilines is 2. The van der Waals surface area contributed by atoms with Crippen LogP contribution in [0.25, 0.3) is 0 Å². The van der Waals surface area contributed by atoms with E-state index < -0.39 is 5.97 Å². The SMILES string of the molecule is COc1cc(Nc2nc(CCC(=O)O)cs2)ccc1Br. The lowest BCUT2D eigenvalue weighted by molar-refractivity contribution is -0.136. The van der Waals surface area contributed by atoms with E-state index >= 15 is 0 Å². The minimum Gasteiger partial charge on any atom is -0.495 e. The number of nitrogens with one attached hydrogen (secondary N) is 1. The van der Waals surface area contributed by atoms with E-state index in [2.05, 4.69) is 26.2 Å². The number of rotatable bonds is 6. The molecule has 2 N–H and O–H groups in total. The third-order valence-corrected chi connectivity index (χ3v) is 4.01. The molecule has 0 saturated carbocycles. The van der Waals surface area contributed by atoms with Gasteiger partial charge in [0.25, 0.3) is 0 Å². The van der Waals surface area contributed by atoms with Crippen molar-refractivity contribution in [2.45, 2.75) is 12.8 Å². The second kappa shape index (κ2) is 6.71. The largest absolute Gasteiger partial charge is 0.495 e. The Hall–Kier alpha value is -1.60. The molecule has 0 bridgehead atoms. The van der Waals surface area contributed by atoms with Gasteiger partial charge in [-0.1, -0.05) is 0 Å². The highest BCUT2D eigenvalue weighted by Crippen LogP contribution is 2.30. The molecule has 1 aromatic carbocycles. The number of methoxy groups -OCH3 is 1. The molecule has 106 valence electrons. The molecule has 0 aliphatic rings. The molecule has 0 saturated heterocycles. The van der Waals surface area contributed by atoms with Gasteiger partial charge in [0.05, 0.1) is 23.7 Å². The third kappa shape index (κ3) is 3.94. The lowest BCUT2D eigenvalue weighted by Crippen LogP contribution is -1.98. The molecule has 0 atom stereocenters. The number of aromatic nitrogens is 1. The standard InChI is InChI=1S/C13H13BrN2O3S/c1-19-11-6-8(2-4-10(11)14)15-13-16-9(7-20-13)3-5-12(17)18/h2,4,6-7H,3,5H2,1H3,(H,15,16)(H,17,18). The van der Waals surface area contributed by atoms with Gasteiger partial charge in [0.15, 0.2) is 5.13 Å². The van der Waals surface area contributed by atoms with Crippen LogP contribution in [0.1, 0.15) is 12.1 Å². The number of aliphatic carboxylic acids is 1. The molecule has 7 heteroatoms. The zero-order valence-electron chi connectivity index (χ0n) is 10.7. The fraction of sp³-hybridized carbons (Fsp3) is 0.231. The number of hydrogen-bond donors (Lipinski definition) is 2. The molecule has 5 nitrogen and oxygen atoms in total. The molecule has 2 rings (SSSR count). The topological polar surface area (TPSA) is 71.5 Å². The maximum Gasteiger partial charge on any atom is 0.303 e. The van der Waals surface area contributed by atoms with Gasteiger partial charge in [-0.15, -0.1) is 11.3 Å². The first kappa shape index (κ1) is 14.8. The van der Waals surface area contributed by atoms with Gasteiger partial charge in [-0.3, -0.25) is 4.79 Å². The van der Waals surface area contributed by atoms with Crippen molar-refractivity contribution in [3.63, 3.8) is 0 Å². The van der Waals surface area contributed by atoms with Crippen molar-refractivity contribution in [3.8, 4) is 5.75 Å². The number of nitrogens with zero attached hydrogens (tertiary/aromatic N) is 1. The van der Waals surface area contributed by atoms with Crippen molar-refractivity contribution >= 4 is 44.1 Å². The molecule has 0 spiro atoms. The van der Waals surface area contributed by atoms with Crippen molar-refractivity contribution < 1.29 is 14.6 Å². The molecule has 1 heterocycles. The van der Waals surface area contributed by atoms with Gasteiger partial charge in [-0.05, 0) is 28.1 Å². The van der Waals surface area contributed by atoms with E-state index in [1.54, 1.807) is 7.11 Å². The number of carboxylic acid groups (broad SMARTS) is 1. The molecule has 2 aromatic rings. The summed E-state index contributed by atoms with van der Waals surface area (Å²) >= 11 is 4.84. The van der Waals surface area contributed by atoms with E-state index in [0.29, 0.717) is 6.42 Å². The molecule has 0 aliphatic heterocycles. The molecule has 1 aromatic heterocycles. The quantitative estimate of drug-likeness (QED) is 0.825. The highest BCUT2D eigenvalue weighted by molar-refractivity contribution is 9.10. The van der Waals surface area contributed by atoms with E-state index in [0.717, 1.165) is 26.7 Å². The molecule has 0 aliphatic carbocycles. The second-order valence-electron chi connectivity index (χ2n) is 4.01. The third-order valence-electron chi connectivity index (χ3n) is 2.55. The predicted octanol–water partition coefficient (Wildman–Crippen LogP) is 3.68. The van der Waals surface area contributed by atoms with Gasteiger partial charge in [0.2, 0.25) is 0 Å². The van der Waals surface area contributed by atoms with E-state index in [1.807, 2.05) is 23.6 Å². The fourth-order valence-corrected chi connectivity index (χ4v) is 2.75. The van der Waals surface area contributed by atoms with Crippen LogP contribution >= 0.6 is 27.3 Å². The molecule has 0 radical (unpaired) electrons. The number of thiazole rings is 1. The molecule has 0 amide bonds. The normalized spacial score (nSPS) is 10.3. The predicted molar refractivity (Wildman–Crippen MR) is 82.0 cm³/mol. The summed E-state index contributed by atoms with van der Waals surface area (Å²) in [6, 6.07) is 5.66. The summed E-state index contributed by atoms with van der Waals surface area (Å²) in [6.07, 6.45) is 0.534. The van der Waals surface area contributed by atoms with Gasteiger partial charge in [-0.25, -0.2) is 4.98 Å². The van der Waals surface area contributed by atoms with Crippen LogP contribution in [-0.4, -0.2) is 23.2 Å². The number of halogens is 1. The molecule has 0 fully saturated rings. The minimum absolute atomic E-state index is 0.0925. The van der Waals surface area contributed by atoms with Crippen molar-refractivity contribution in [2.75, 3.05) is 12.4 Å². The Morgan fingerprint density at radius 3 is 3.05 bits per heavy atom. The Morgan fingerprint density at radius 1 is 1.55 bits per heavy atom. The number of benzene rings is 1. The molecular weight excluding hydrogens is 344 g/mol. The maximum absolute atomic E-state index is 10.5. The van der Waals surface area contributed by atoms with Crippen LogP contribution < -0.4 is 10.1 Å². The summed E-state index contributed by atoms with van der Waals surface area (Å²) in [4.78, 5) is 14.9. The number of carboxylic acids is 1. The number of ether oxygens (including phenoxy) is 1. The van der Waals surface area contributed by atoms with Crippen LogP contribution in [0.4, 0.5) is 10.8 Å². The minimum atomic E-state index is -0.815. The summed E-state index contributed by atoms with van der Waals surface area (Å²) in [5.41, 5.74) is 1.65. The van der Waals surface area contributed by atoms with Gasteiger partial charge in [-0.2, -0.15) is 0 Å². The Kier molecular flexibility index (Phi) is 4.97. The molecule has 20 heavy (non-hydrogen) atoms. The van der Waals surface area contributed by atoms with Crippen LogP contribution in [0.5, 0.6) is 5.75 Å². The summed E-state index contributed by atoms with van der Waals surface area (Å²) in [7, 11) is 1.61. The second-order valence-corrected chi connectivity index (χ2v) is 5.72. The highest BCUT2D eigenvalue weighted by Gasteiger charge is 2.06. The molecular formula is C13H13BrN2O3S. The number of aryl methyl sites for hydroxylation is 1. The van der Waals surface area contributed by atoms with E-state index in [-0.39, 0.29) is 6.42 Å². The number of carbonyl (C=O) groups is 1. The average molecular weight is 357 g/mol. The van der Waals surface area contributed by atoms with Gasteiger partial charge in [0, 0.05) is 23.6 Å². The highest BCUT2D eigenvalue weighted by atomic mass is 79.9. The van der Waals surface area contributed by atoms with E-state index in [4.69, 9.17) is 9.84 Å². The smallest absolute Gasteiger partial charge is 0.303 e. The lowest BCUT2D eigenvalue weighted by Gasteiger charge is -2.07. The first-order valence-corrected chi connectivity index (χ1v) is 7.52. The van der Waals surface area contributed by atoms with E-state index in [9.17, 15) is 4.79 Å². The van der Waals surface area contributed by atoms with Crippen molar-refractivity contribution in [1.82, 2.24) is 4.98 Å². The van der Waals surface area contributed by atoms with Crippen LogP contribution in [-0.2, 0) is 11.2 Å². The molecule has 0 unspecified atom stereocenters. The Balaban J connectivity index is 2.04. The maximum atomic E-state index is 10.5. The van der Waals surface area contributed by atoms with E-state index in [1.165, 1.54) is 11.3 Å². The average Bonchev–Trinajstić information content (AvgIpc) is 2.86. The van der Waals surface area contributed by atoms with Gasteiger partial charge in [0.1, 0.15) is 5.75 Å². The fourth-order valence-electron chi connectivity index (χ4n) is 1.58. The Labute approximate surface area is 128 Å². The zero-order chi connectivity index (χ0) is 14.5. The Morgan fingerprint density at radius 2 is 2.35 bits per heavy atom. The van der Waals surface area contributed by atoms with Crippen LogP contribution in [0.15, 0.2) is 28.1 Å². The first-order chi connectivity index (χ1) is 9.58. The van der Waals surface area contributed by atoms with Crippen molar-refractivity contribution in [1.29, 1.82) is 0 Å². The van der Waals surface area contributed by atoms with Crippen molar-refractivity contribution in [3.05, 3.63) is 33.7 Å². The van der Waals surface area contributed by atoms with Crippen LogP contribution in [0, 0.1) is 0 Å². The summed E-state index contributed by atoms with van der Waals surface area (Å²) < 4.78 is 6.11. The summed E-state index contributed by atoms with van der Waals surface area (Å²) in [5, 5.41) is 14.4. The summed E-state index contributed by atoms with van der Waals surface area (Å²) in [6.45, 7) is 0.